The standard InChI is InChI=1S/C21H20N2O3/c1-4-15-5-7-16(8-6-15)14-23-21(24)12-10-18(22-23)17-9-11-19(25-2)20(13-17)26-3/h4-13H,1,14H2,2-3H3. The zero-order chi connectivity index (χ0) is 18.5. The Morgan fingerprint density at radius 1 is 1.00 bits per heavy atom. The average Bonchev–Trinajstić information content (AvgIpc) is 2.69. The van der Waals surface area contributed by atoms with E-state index >= 15 is 0 Å². The second-order valence-electron chi connectivity index (χ2n) is 5.73. The molecule has 0 saturated heterocycles. The molecule has 1 heterocycles. The molecule has 0 spiro atoms. The van der Waals surface area contributed by atoms with Gasteiger partial charge in [0.25, 0.3) is 5.56 Å². The predicted molar refractivity (Wildman–Crippen MR) is 103 cm³/mol. The topological polar surface area (TPSA) is 53.4 Å². The third kappa shape index (κ3) is 3.67. The smallest absolute Gasteiger partial charge is 0.267 e. The van der Waals surface area contributed by atoms with Crippen LogP contribution in [0.25, 0.3) is 17.3 Å². The van der Waals surface area contributed by atoms with Gasteiger partial charge in [0.1, 0.15) is 0 Å². The van der Waals surface area contributed by atoms with Crippen molar-refractivity contribution in [1.29, 1.82) is 0 Å². The van der Waals surface area contributed by atoms with Gasteiger partial charge >= 0.3 is 0 Å². The van der Waals surface area contributed by atoms with Crippen LogP contribution in [0.5, 0.6) is 11.5 Å². The summed E-state index contributed by atoms with van der Waals surface area (Å²) < 4.78 is 12.1. The van der Waals surface area contributed by atoms with Crippen LogP contribution in [0.1, 0.15) is 11.1 Å². The van der Waals surface area contributed by atoms with Crippen LogP contribution in [-0.2, 0) is 6.54 Å². The van der Waals surface area contributed by atoms with Gasteiger partial charge in [0, 0.05) is 11.6 Å². The summed E-state index contributed by atoms with van der Waals surface area (Å²) in [7, 11) is 3.18. The molecule has 132 valence electrons. The zero-order valence-electron chi connectivity index (χ0n) is 14.8. The second-order valence-corrected chi connectivity index (χ2v) is 5.73. The first-order chi connectivity index (χ1) is 12.6. The highest BCUT2D eigenvalue weighted by Gasteiger charge is 2.09. The average molecular weight is 348 g/mol. The van der Waals surface area contributed by atoms with Gasteiger partial charge in [-0.2, -0.15) is 5.10 Å². The summed E-state index contributed by atoms with van der Waals surface area (Å²) in [5, 5.41) is 4.50. The van der Waals surface area contributed by atoms with Gasteiger partial charge in [-0.1, -0.05) is 36.9 Å². The fraction of sp³-hybridized carbons (Fsp3) is 0.143. The lowest BCUT2D eigenvalue weighted by molar-refractivity contribution is 0.355. The highest BCUT2D eigenvalue weighted by atomic mass is 16.5. The molecule has 0 aliphatic rings. The predicted octanol–water partition coefficient (Wildman–Crippen LogP) is 3.62. The molecule has 0 fully saturated rings. The van der Waals surface area contributed by atoms with Crippen molar-refractivity contribution in [2.75, 3.05) is 14.2 Å². The molecule has 2 aromatic carbocycles. The van der Waals surface area contributed by atoms with E-state index in [0.717, 1.165) is 16.7 Å². The van der Waals surface area contributed by atoms with Crippen LogP contribution in [0.15, 0.2) is 66.0 Å². The Bertz CT molecular complexity index is 975. The van der Waals surface area contributed by atoms with Crippen molar-refractivity contribution in [3.05, 3.63) is 82.7 Å². The first-order valence-electron chi connectivity index (χ1n) is 8.16. The van der Waals surface area contributed by atoms with E-state index in [1.807, 2.05) is 42.5 Å². The molecule has 26 heavy (non-hydrogen) atoms. The van der Waals surface area contributed by atoms with Crippen molar-refractivity contribution in [3.8, 4) is 22.8 Å². The van der Waals surface area contributed by atoms with Crippen LogP contribution in [0, 0.1) is 0 Å². The lowest BCUT2D eigenvalue weighted by atomic mass is 10.1. The number of benzene rings is 2. The van der Waals surface area contributed by atoms with Gasteiger partial charge in [-0.3, -0.25) is 4.79 Å². The maximum atomic E-state index is 12.2. The van der Waals surface area contributed by atoms with E-state index in [0.29, 0.717) is 23.7 Å². The molecule has 0 N–H and O–H groups in total. The molecule has 3 rings (SSSR count). The van der Waals surface area contributed by atoms with Crippen molar-refractivity contribution in [1.82, 2.24) is 9.78 Å². The van der Waals surface area contributed by atoms with E-state index in [1.54, 1.807) is 26.4 Å². The van der Waals surface area contributed by atoms with E-state index in [1.165, 1.54) is 10.7 Å². The maximum Gasteiger partial charge on any atom is 0.267 e. The van der Waals surface area contributed by atoms with E-state index in [4.69, 9.17) is 9.47 Å². The number of hydrogen-bond acceptors (Lipinski definition) is 4. The number of methoxy groups -OCH3 is 2. The summed E-state index contributed by atoms with van der Waals surface area (Å²) in [6.45, 7) is 4.14. The SMILES string of the molecule is C=Cc1ccc(Cn2nc(-c3ccc(OC)c(OC)c3)ccc2=O)cc1. The van der Waals surface area contributed by atoms with Crippen LogP contribution in [0.3, 0.4) is 0 Å². The minimum atomic E-state index is -0.151. The highest BCUT2D eigenvalue weighted by Crippen LogP contribution is 2.31. The Kier molecular flexibility index (Phi) is 5.17. The molecule has 1 aromatic heterocycles. The van der Waals surface area contributed by atoms with E-state index < -0.39 is 0 Å². The number of nitrogens with zero attached hydrogens (tertiary/aromatic N) is 2. The Labute approximate surface area is 152 Å². The molecule has 5 nitrogen and oxygen atoms in total. The molecule has 0 aliphatic carbocycles. The Balaban J connectivity index is 1.94. The summed E-state index contributed by atoms with van der Waals surface area (Å²) >= 11 is 0. The monoisotopic (exact) mass is 348 g/mol. The van der Waals surface area contributed by atoms with Crippen molar-refractivity contribution in [3.63, 3.8) is 0 Å². The quantitative estimate of drug-likeness (QED) is 0.683. The first-order valence-corrected chi connectivity index (χ1v) is 8.16. The van der Waals surface area contributed by atoms with Crippen LogP contribution in [-0.4, -0.2) is 24.0 Å². The van der Waals surface area contributed by atoms with E-state index in [9.17, 15) is 4.79 Å². The van der Waals surface area contributed by atoms with Crippen molar-refractivity contribution in [2.24, 2.45) is 0 Å². The fourth-order valence-electron chi connectivity index (χ4n) is 2.64. The molecule has 0 radical (unpaired) electrons. The van der Waals surface area contributed by atoms with Gasteiger partial charge in [-0.15, -0.1) is 0 Å². The maximum absolute atomic E-state index is 12.2. The Morgan fingerprint density at radius 2 is 1.73 bits per heavy atom. The zero-order valence-corrected chi connectivity index (χ0v) is 14.8. The van der Waals surface area contributed by atoms with Crippen LogP contribution in [0.2, 0.25) is 0 Å². The Hall–Kier alpha value is -3.34. The molecule has 5 heteroatoms. The van der Waals surface area contributed by atoms with Crippen LogP contribution in [0.4, 0.5) is 0 Å². The van der Waals surface area contributed by atoms with Gasteiger partial charge in [0.2, 0.25) is 0 Å². The number of aromatic nitrogens is 2. The summed E-state index contributed by atoms with van der Waals surface area (Å²) in [6, 6.07) is 16.6. The minimum Gasteiger partial charge on any atom is -0.493 e. The van der Waals surface area contributed by atoms with Crippen molar-refractivity contribution >= 4 is 6.08 Å². The molecular formula is C21H20N2O3. The number of hydrogen-bond donors (Lipinski definition) is 0. The van der Waals surface area contributed by atoms with Gasteiger partial charge in [0.05, 0.1) is 26.5 Å². The van der Waals surface area contributed by atoms with Crippen molar-refractivity contribution < 1.29 is 9.47 Å². The van der Waals surface area contributed by atoms with Gasteiger partial charge in [0.15, 0.2) is 11.5 Å². The van der Waals surface area contributed by atoms with Gasteiger partial charge < -0.3 is 9.47 Å². The normalized spacial score (nSPS) is 10.4. The molecular weight excluding hydrogens is 328 g/mol. The highest BCUT2D eigenvalue weighted by molar-refractivity contribution is 5.63. The largest absolute Gasteiger partial charge is 0.493 e. The summed E-state index contributed by atoms with van der Waals surface area (Å²) in [4.78, 5) is 12.2. The third-order valence-electron chi connectivity index (χ3n) is 4.09. The molecule has 0 amide bonds. The van der Waals surface area contributed by atoms with E-state index in [2.05, 4.69) is 11.7 Å². The van der Waals surface area contributed by atoms with Gasteiger partial charge in [-0.25, -0.2) is 4.68 Å². The summed E-state index contributed by atoms with van der Waals surface area (Å²) in [6.07, 6.45) is 1.78. The van der Waals surface area contributed by atoms with E-state index in [-0.39, 0.29) is 5.56 Å². The molecule has 0 aliphatic heterocycles. The molecule has 0 saturated carbocycles. The first kappa shape index (κ1) is 17.5. The van der Waals surface area contributed by atoms with Crippen LogP contribution >= 0.6 is 0 Å². The summed E-state index contributed by atoms with van der Waals surface area (Å²) in [5.41, 5.74) is 3.41. The third-order valence-corrected chi connectivity index (χ3v) is 4.09. The fourth-order valence-corrected chi connectivity index (χ4v) is 2.64. The molecule has 0 atom stereocenters. The minimum absolute atomic E-state index is 0.151. The van der Waals surface area contributed by atoms with Gasteiger partial charge in [-0.05, 0) is 35.4 Å². The lowest BCUT2D eigenvalue weighted by Gasteiger charge is -2.11. The lowest BCUT2D eigenvalue weighted by Crippen LogP contribution is -2.22. The molecule has 0 bridgehead atoms. The molecule has 3 aromatic rings. The summed E-state index contributed by atoms with van der Waals surface area (Å²) in [5.74, 6) is 1.26. The van der Waals surface area contributed by atoms with Crippen molar-refractivity contribution in [2.45, 2.75) is 6.54 Å². The number of rotatable bonds is 6. The Morgan fingerprint density at radius 3 is 2.38 bits per heavy atom. The number of ether oxygens (including phenoxy) is 2. The van der Waals surface area contributed by atoms with Crippen LogP contribution < -0.4 is 15.0 Å². The second kappa shape index (κ2) is 7.70. The molecule has 0 unspecified atom stereocenters.